The van der Waals surface area contributed by atoms with E-state index in [0.717, 1.165) is 52.4 Å². The Bertz CT molecular complexity index is 1080. The summed E-state index contributed by atoms with van der Waals surface area (Å²) < 4.78 is 15.6. The van der Waals surface area contributed by atoms with E-state index in [1.54, 1.807) is 12.1 Å². The summed E-state index contributed by atoms with van der Waals surface area (Å²) in [5, 5.41) is 9.56. The minimum atomic E-state index is -0.222. The molecule has 0 radical (unpaired) electrons. The van der Waals surface area contributed by atoms with Gasteiger partial charge in [0.25, 0.3) is 0 Å². The highest BCUT2D eigenvalue weighted by Crippen LogP contribution is 2.26. The highest BCUT2D eigenvalue weighted by Gasteiger charge is 2.24. The molecule has 0 bridgehead atoms. The monoisotopic (exact) mass is 395 g/mol. The van der Waals surface area contributed by atoms with E-state index in [2.05, 4.69) is 20.9 Å². The van der Waals surface area contributed by atoms with Crippen molar-refractivity contribution in [2.24, 2.45) is 0 Å². The Morgan fingerprint density at radius 2 is 1.93 bits per heavy atom. The number of imidazole rings is 1. The largest absolute Gasteiger partial charge is 0.378 e. The number of anilines is 2. The van der Waals surface area contributed by atoms with Crippen molar-refractivity contribution in [3.8, 4) is 0 Å². The Morgan fingerprint density at radius 3 is 2.55 bits per heavy atom. The van der Waals surface area contributed by atoms with Gasteiger partial charge in [0.05, 0.1) is 23.1 Å². The first-order valence-corrected chi connectivity index (χ1v) is 9.86. The van der Waals surface area contributed by atoms with Crippen molar-refractivity contribution < 1.29 is 9.18 Å². The van der Waals surface area contributed by atoms with Crippen LogP contribution in [-0.4, -0.2) is 27.9 Å². The summed E-state index contributed by atoms with van der Waals surface area (Å²) in [4.78, 5) is 17.1. The van der Waals surface area contributed by atoms with E-state index in [0.29, 0.717) is 12.2 Å². The molecule has 1 aliphatic rings. The zero-order valence-corrected chi connectivity index (χ0v) is 17.2. The van der Waals surface area contributed by atoms with Crippen LogP contribution in [0.5, 0.6) is 0 Å². The second-order valence-corrected chi connectivity index (χ2v) is 7.78. The fourth-order valence-corrected chi connectivity index (χ4v) is 3.71. The van der Waals surface area contributed by atoms with Gasteiger partial charge in [-0.3, -0.25) is 4.79 Å². The number of benzene rings is 1. The van der Waals surface area contributed by atoms with Gasteiger partial charge in [-0.1, -0.05) is 0 Å². The van der Waals surface area contributed by atoms with Crippen LogP contribution in [0.3, 0.4) is 0 Å². The summed E-state index contributed by atoms with van der Waals surface area (Å²) >= 11 is 0. The van der Waals surface area contributed by atoms with Crippen molar-refractivity contribution in [2.45, 2.75) is 46.7 Å². The van der Waals surface area contributed by atoms with Crippen molar-refractivity contribution in [1.29, 1.82) is 0 Å². The number of carbonyl (C=O) groups excluding carboxylic acids is 1. The molecule has 6 nitrogen and oxygen atoms in total. The number of aromatic nitrogens is 2. The van der Waals surface area contributed by atoms with Crippen molar-refractivity contribution in [2.75, 3.05) is 17.2 Å². The fraction of sp³-hybridized carbons (Fsp3) is 0.364. The molecule has 3 N–H and O–H groups in total. The lowest BCUT2D eigenvalue weighted by atomic mass is 10.0. The summed E-state index contributed by atoms with van der Waals surface area (Å²) in [5.74, 6) is -0.249. The summed E-state index contributed by atoms with van der Waals surface area (Å²) in [7, 11) is 0. The zero-order valence-electron chi connectivity index (χ0n) is 17.2. The molecule has 7 heteroatoms. The van der Waals surface area contributed by atoms with Crippen molar-refractivity contribution in [1.82, 2.24) is 14.7 Å². The first kappa shape index (κ1) is 19.4. The number of amides is 1. The van der Waals surface area contributed by atoms with Gasteiger partial charge in [-0.05, 0) is 75.5 Å². The summed E-state index contributed by atoms with van der Waals surface area (Å²) in [6, 6.07) is 4.88. The Labute approximate surface area is 169 Å². The van der Waals surface area contributed by atoms with E-state index in [1.807, 2.05) is 44.4 Å². The van der Waals surface area contributed by atoms with E-state index < -0.39 is 0 Å². The van der Waals surface area contributed by atoms with Crippen molar-refractivity contribution in [3.05, 3.63) is 58.3 Å². The van der Waals surface area contributed by atoms with Gasteiger partial charge in [-0.2, -0.15) is 0 Å². The minimum Gasteiger partial charge on any atom is -0.378 e. The van der Waals surface area contributed by atoms with E-state index >= 15 is 0 Å². The van der Waals surface area contributed by atoms with Gasteiger partial charge in [0, 0.05) is 18.4 Å². The van der Waals surface area contributed by atoms with Crippen LogP contribution in [0.2, 0.25) is 0 Å². The molecule has 1 aromatic carbocycles. The van der Waals surface area contributed by atoms with Gasteiger partial charge >= 0.3 is 0 Å². The van der Waals surface area contributed by atoms with Crippen LogP contribution >= 0.6 is 0 Å². The molecule has 2 aromatic heterocycles. The number of halogens is 1. The van der Waals surface area contributed by atoms with Gasteiger partial charge in [0.1, 0.15) is 5.82 Å². The Kier molecular flexibility index (Phi) is 5.00. The number of carbonyl (C=O) groups is 1. The number of hydrogen-bond donors (Lipinski definition) is 3. The third-order valence-electron chi connectivity index (χ3n) is 5.72. The third-order valence-corrected chi connectivity index (χ3v) is 5.72. The lowest BCUT2D eigenvalue weighted by Crippen LogP contribution is -2.50. The normalized spacial score (nSPS) is 16.0. The molecule has 1 aliphatic heterocycles. The van der Waals surface area contributed by atoms with E-state index in [-0.39, 0.29) is 17.8 Å². The molecule has 3 aromatic rings. The number of hydrogen-bond acceptors (Lipinski definition) is 4. The Morgan fingerprint density at radius 1 is 1.24 bits per heavy atom. The second kappa shape index (κ2) is 7.48. The predicted octanol–water partition coefficient (Wildman–Crippen LogP) is 3.62. The van der Waals surface area contributed by atoms with Crippen LogP contribution in [0.15, 0.2) is 24.4 Å². The summed E-state index contributed by atoms with van der Waals surface area (Å²) in [6.45, 7) is 9.22. The van der Waals surface area contributed by atoms with E-state index in [4.69, 9.17) is 0 Å². The van der Waals surface area contributed by atoms with Crippen LogP contribution < -0.4 is 16.0 Å². The number of nitrogens with zero attached hydrogens (tertiary/aromatic N) is 2. The van der Waals surface area contributed by atoms with E-state index in [1.165, 1.54) is 0 Å². The lowest BCUT2D eigenvalue weighted by Gasteiger charge is -2.26. The molecule has 1 fully saturated rings. The molecule has 0 aliphatic carbocycles. The molecule has 0 saturated carbocycles. The summed E-state index contributed by atoms with van der Waals surface area (Å²) in [6.07, 6.45) is 2.76. The van der Waals surface area contributed by atoms with Crippen LogP contribution in [0, 0.1) is 33.5 Å². The minimum absolute atomic E-state index is 0.0266. The molecule has 152 valence electrons. The molecular formula is C22H26FN5O. The average Bonchev–Trinajstić information content (AvgIpc) is 2.87. The topological polar surface area (TPSA) is 70.5 Å². The average molecular weight is 395 g/mol. The highest BCUT2D eigenvalue weighted by atomic mass is 19.1. The fourth-order valence-electron chi connectivity index (χ4n) is 3.71. The van der Waals surface area contributed by atoms with E-state index in [9.17, 15) is 9.18 Å². The maximum absolute atomic E-state index is 13.6. The van der Waals surface area contributed by atoms with Gasteiger partial charge < -0.3 is 20.4 Å². The zero-order chi connectivity index (χ0) is 20.7. The number of pyridine rings is 1. The summed E-state index contributed by atoms with van der Waals surface area (Å²) in [5.41, 5.74) is 7.16. The number of rotatable bonds is 5. The van der Waals surface area contributed by atoms with Gasteiger partial charge in [0.2, 0.25) is 5.91 Å². The van der Waals surface area contributed by atoms with Crippen LogP contribution in [0.25, 0.3) is 5.65 Å². The van der Waals surface area contributed by atoms with Gasteiger partial charge in [-0.25, -0.2) is 9.37 Å². The second-order valence-electron chi connectivity index (χ2n) is 7.78. The Hall–Kier alpha value is -2.93. The first-order chi connectivity index (χ1) is 13.8. The smallest absolute Gasteiger partial charge is 0.241 e. The molecule has 1 amide bonds. The van der Waals surface area contributed by atoms with Gasteiger partial charge in [0.15, 0.2) is 5.65 Å². The molecular weight excluding hydrogens is 369 g/mol. The van der Waals surface area contributed by atoms with Gasteiger partial charge in [-0.15, -0.1) is 0 Å². The van der Waals surface area contributed by atoms with Crippen molar-refractivity contribution in [3.63, 3.8) is 0 Å². The molecule has 1 atom stereocenters. The predicted molar refractivity (Wildman–Crippen MR) is 113 cm³/mol. The molecule has 4 rings (SSSR count). The van der Waals surface area contributed by atoms with Crippen molar-refractivity contribution >= 4 is 22.9 Å². The number of aryl methyl sites for hydroxylation is 4. The maximum Gasteiger partial charge on any atom is 0.241 e. The molecule has 3 heterocycles. The third kappa shape index (κ3) is 3.70. The number of nitrogens with one attached hydrogen (secondary N) is 3. The SMILES string of the molecule is Cc1cc(F)cc(C)c1CNc1cc(NC(=O)[C@@H]2CCN2)cn2c(C)c(C)nc12. The quantitative estimate of drug-likeness (QED) is 0.617. The molecule has 29 heavy (non-hydrogen) atoms. The maximum atomic E-state index is 13.6. The molecule has 0 spiro atoms. The molecule has 1 saturated heterocycles. The van der Waals surface area contributed by atoms with Crippen LogP contribution in [-0.2, 0) is 11.3 Å². The number of fused-ring (bicyclic) bond motifs is 1. The standard InChI is InChI=1S/C22H26FN5O/c1-12-7-16(23)8-13(2)18(12)10-25-20-9-17(27-22(29)19-5-6-24-19)11-28-15(4)14(3)26-21(20)28/h7-9,11,19,24-25H,5-6,10H2,1-4H3,(H,27,29)/t19-/m0/s1. The highest BCUT2D eigenvalue weighted by molar-refractivity contribution is 5.96. The van der Waals surface area contributed by atoms with Crippen LogP contribution in [0.1, 0.15) is 34.5 Å². The first-order valence-electron chi connectivity index (χ1n) is 9.86. The Balaban J connectivity index is 1.67. The van der Waals surface area contributed by atoms with Crippen LogP contribution in [0.4, 0.5) is 15.8 Å². The molecule has 0 unspecified atom stereocenters. The lowest BCUT2D eigenvalue weighted by molar-refractivity contribution is -0.119.